The second-order valence-electron chi connectivity index (χ2n) is 7.35. The van der Waals surface area contributed by atoms with Crippen LogP contribution in [-0.4, -0.2) is 62.4 Å². The van der Waals surface area contributed by atoms with Crippen LogP contribution in [0.25, 0.3) is 0 Å². The van der Waals surface area contributed by atoms with E-state index in [0.29, 0.717) is 38.7 Å². The average molecular weight is 400 g/mol. The van der Waals surface area contributed by atoms with E-state index in [1.54, 1.807) is 0 Å². The number of alkyl halides is 3. The number of benzene rings is 1. The highest BCUT2D eigenvalue weighted by molar-refractivity contribution is 5.79. The van der Waals surface area contributed by atoms with Gasteiger partial charge >= 0.3 is 6.18 Å². The first-order valence-corrected chi connectivity index (χ1v) is 9.79. The smallest absolute Gasteiger partial charge is 0.401 e. The molecule has 2 N–H and O–H groups in total. The van der Waals surface area contributed by atoms with Crippen LogP contribution < -0.4 is 15.4 Å². The number of likely N-dealkylation sites (tertiary alicyclic amines) is 1. The molecule has 1 aliphatic heterocycles. The van der Waals surface area contributed by atoms with Crippen molar-refractivity contribution >= 4 is 5.96 Å². The molecule has 8 heteroatoms. The number of rotatable bonds is 8. The van der Waals surface area contributed by atoms with Crippen LogP contribution in [0.3, 0.4) is 0 Å². The number of aryl methyl sites for hydroxylation is 1. The van der Waals surface area contributed by atoms with Gasteiger partial charge in [-0.25, -0.2) is 4.99 Å². The zero-order valence-corrected chi connectivity index (χ0v) is 16.9. The molecular formula is C20H31F3N4O. The molecule has 1 aromatic carbocycles. The maximum atomic E-state index is 12.5. The highest BCUT2D eigenvalue weighted by atomic mass is 19.4. The van der Waals surface area contributed by atoms with Crippen molar-refractivity contribution in [3.05, 3.63) is 29.8 Å². The van der Waals surface area contributed by atoms with Crippen LogP contribution in [-0.2, 0) is 0 Å². The Morgan fingerprint density at radius 3 is 2.82 bits per heavy atom. The van der Waals surface area contributed by atoms with E-state index in [1.807, 2.05) is 45.0 Å². The van der Waals surface area contributed by atoms with E-state index in [-0.39, 0.29) is 12.0 Å². The summed E-state index contributed by atoms with van der Waals surface area (Å²) < 4.78 is 43.4. The van der Waals surface area contributed by atoms with Gasteiger partial charge in [-0.1, -0.05) is 12.1 Å². The monoisotopic (exact) mass is 400 g/mol. The van der Waals surface area contributed by atoms with Crippen molar-refractivity contribution < 1.29 is 17.9 Å². The summed E-state index contributed by atoms with van der Waals surface area (Å²) in [6, 6.07) is 7.87. The molecule has 2 rings (SSSR count). The fourth-order valence-corrected chi connectivity index (χ4v) is 3.24. The van der Waals surface area contributed by atoms with Gasteiger partial charge in [0.15, 0.2) is 5.96 Å². The minimum atomic E-state index is -4.13. The van der Waals surface area contributed by atoms with E-state index in [1.165, 1.54) is 4.90 Å². The van der Waals surface area contributed by atoms with Crippen LogP contribution in [0.1, 0.15) is 25.8 Å². The van der Waals surface area contributed by atoms with Crippen molar-refractivity contribution in [2.24, 2.45) is 10.9 Å². The summed E-state index contributed by atoms with van der Waals surface area (Å²) in [7, 11) is 0. The Balaban J connectivity index is 1.78. The van der Waals surface area contributed by atoms with E-state index in [4.69, 9.17) is 4.74 Å². The van der Waals surface area contributed by atoms with Gasteiger partial charge in [-0.05, 0) is 57.4 Å². The molecule has 0 bridgehead atoms. The Morgan fingerprint density at radius 2 is 2.14 bits per heavy atom. The van der Waals surface area contributed by atoms with Gasteiger partial charge in [0.1, 0.15) is 11.9 Å². The van der Waals surface area contributed by atoms with Gasteiger partial charge in [0.05, 0.1) is 13.1 Å². The number of hydrogen-bond acceptors (Lipinski definition) is 3. The number of nitrogens with one attached hydrogen (secondary N) is 2. The molecule has 0 spiro atoms. The van der Waals surface area contributed by atoms with E-state index < -0.39 is 12.7 Å². The number of ether oxygens (including phenoxy) is 1. The maximum Gasteiger partial charge on any atom is 0.401 e. The lowest BCUT2D eigenvalue weighted by molar-refractivity contribution is -0.143. The average Bonchev–Trinajstić information content (AvgIpc) is 3.03. The van der Waals surface area contributed by atoms with Crippen LogP contribution >= 0.6 is 0 Å². The summed E-state index contributed by atoms with van der Waals surface area (Å²) in [5.41, 5.74) is 1.14. The Kier molecular flexibility index (Phi) is 8.41. The first-order chi connectivity index (χ1) is 13.2. The maximum absolute atomic E-state index is 12.5. The van der Waals surface area contributed by atoms with Crippen molar-refractivity contribution in [3.63, 3.8) is 0 Å². The minimum absolute atomic E-state index is 0.0917. The lowest BCUT2D eigenvalue weighted by atomic mass is 10.1. The summed E-state index contributed by atoms with van der Waals surface area (Å²) in [5, 5.41) is 6.42. The molecule has 0 saturated carbocycles. The van der Waals surface area contributed by atoms with Crippen LogP contribution in [0, 0.1) is 12.8 Å². The van der Waals surface area contributed by atoms with Gasteiger partial charge in [-0.2, -0.15) is 13.2 Å². The Bertz CT molecular complexity index is 636. The number of hydrogen-bond donors (Lipinski definition) is 2. The number of aliphatic imine (C=N–C) groups is 1. The lowest BCUT2D eigenvalue weighted by Crippen LogP contribution is -2.41. The van der Waals surface area contributed by atoms with Crippen LogP contribution in [0.5, 0.6) is 5.75 Å². The molecule has 1 aliphatic rings. The molecule has 158 valence electrons. The fraction of sp³-hybridized carbons (Fsp3) is 0.650. The van der Waals surface area contributed by atoms with Gasteiger partial charge in [0.25, 0.3) is 0 Å². The summed E-state index contributed by atoms with van der Waals surface area (Å²) in [6.45, 7) is 7.87. The Labute approximate surface area is 165 Å². The predicted molar refractivity (Wildman–Crippen MR) is 106 cm³/mol. The minimum Gasteiger partial charge on any atom is -0.489 e. The van der Waals surface area contributed by atoms with E-state index >= 15 is 0 Å². The molecular weight excluding hydrogens is 369 g/mol. The van der Waals surface area contributed by atoms with Gasteiger partial charge in [0.2, 0.25) is 0 Å². The van der Waals surface area contributed by atoms with Gasteiger partial charge in [0, 0.05) is 19.6 Å². The normalized spacial score (nSPS) is 19.5. The van der Waals surface area contributed by atoms with Crippen molar-refractivity contribution in [2.45, 2.75) is 39.5 Å². The van der Waals surface area contributed by atoms with E-state index in [2.05, 4.69) is 15.6 Å². The molecule has 0 amide bonds. The highest BCUT2D eigenvalue weighted by Gasteiger charge is 2.34. The van der Waals surface area contributed by atoms with Crippen molar-refractivity contribution in [1.82, 2.24) is 15.5 Å². The van der Waals surface area contributed by atoms with Gasteiger partial charge in [-0.15, -0.1) is 0 Å². The molecule has 1 fully saturated rings. The molecule has 0 radical (unpaired) electrons. The molecule has 1 saturated heterocycles. The number of halogens is 3. The number of guanidine groups is 1. The summed E-state index contributed by atoms with van der Waals surface area (Å²) in [5.74, 6) is 1.67. The van der Waals surface area contributed by atoms with Crippen LogP contribution in [0.2, 0.25) is 0 Å². The largest absolute Gasteiger partial charge is 0.489 e. The van der Waals surface area contributed by atoms with E-state index in [0.717, 1.165) is 17.7 Å². The second-order valence-corrected chi connectivity index (χ2v) is 7.35. The summed E-state index contributed by atoms with van der Waals surface area (Å²) in [6.07, 6.45) is -3.47. The van der Waals surface area contributed by atoms with Crippen molar-refractivity contribution in [1.29, 1.82) is 0 Å². The zero-order chi connectivity index (χ0) is 20.6. The third-order valence-corrected chi connectivity index (χ3v) is 4.51. The molecule has 0 aliphatic carbocycles. The highest BCUT2D eigenvalue weighted by Crippen LogP contribution is 2.22. The standard InChI is InChI=1S/C20H31F3N4O/c1-4-24-19(25-11-16(3)28-18-7-5-6-15(2)10-18)26-12-17-8-9-27(13-17)14-20(21,22)23/h5-7,10,16-17H,4,8-9,11-14H2,1-3H3,(H2,24,25,26). The molecule has 2 atom stereocenters. The lowest BCUT2D eigenvalue weighted by Gasteiger charge is -2.19. The molecule has 1 heterocycles. The topological polar surface area (TPSA) is 48.9 Å². The van der Waals surface area contributed by atoms with Crippen LogP contribution in [0.4, 0.5) is 13.2 Å². The third kappa shape index (κ3) is 8.37. The fourth-order valence-electron chi connectivity index (χ4n) is 3.24. The molecule has 2 unspecified atom stereocenters. The quantitative estimate of drug-likeness (QED) is 0.520. The molecule has 0 aromatic heterocycles. The molecule has 5 nitrogen and oxygen atoms in total. The van der Waals surface area contributed by atoms with Crippen LogP contribution in [0.15, 0.2) is 29.3 Å². The summed E-state index contributed by atoms with van der Waals surface area (Å²) in [4.78, 5) is 6.01. The number of nitrogens with zero attached hydrogens (tertiary/aromatic N) is 2. The molecule has 1 aromatic rings. The Morgan fingerprint density at radius 1 is 1.36 bits per heavy atom. The van der Waals surface area contributed by atoms with E-state index in [9.17, 15) is 13.2 Å². The SMILES string of the molecule is CCNC(=NCC(C)Oc1cccc(C)c1)NCC1CCN(CC(F)(F)F)C1. The van der Waals surface area contributed by atoms with Crippen molar-refractivity contribution in [3.8, 4) is 5.75 Å². The van der Waals surface area contributed by atoms with Gasteiger partial charge in [-0.3, -0.25) is 4.90 Å². The zero-order valence-electron chi connectivity index (χ0n) is 16.9. The first-order valence-electron chi connectivity index (χ1n) is 9.79. The predicted octanol–water partition coefficient (Wildman–Crippen LogP) is 3.20. The molecule has 28 heavy (non-hydrogen) atoms. The third-order valence-electron chi connectivity index (χ3n) is 4.51. The Hall–Kier alpha value is -1.96. The first kappa shape index (κ1) is 22.3. The second kappa shape index (κ2) is 10.5. The summed E-state index contributed by atoms with van der Waals surface area (Å²) >= 11 is 0. The van der Waals surface area contributed by atoms with Crippen molar-refractivity contribution in [2.75, 3.05) is 39.3 Å². The van der Waals surface area contributed by atoms with Gasteiger partial charge < -0.3 is 15.4 Å².